The number of carbonyl (C=O) groups is 2. The molecule has 0 aliphatic carbocycles. The van der Waals surface area contributed by atoms with Crippen LogP contribution in [0.4, 0.5) is 0 Å². The van der Waals surface area contributed by atoms with Crippen molar-refractivity contribution in [1.82, 2.24) is 0 Å². The first-order chi connectivity index (χ1) is 10.5. The lowest BCUT2D eigenvalue weighted by Crippen LogP contribution is -2.22. The Morgan fingerprint density at radius 2 is 1.73 bits per heavy atom. The van der Waals surface area contributed by atoms with Crippen LogP contribution in [0.2, 0.25) is 10.0 Å². The number of carboxylic acids is 1. The van der Waals surface area contributed by atoms with Gasteiger partial charge in [0.2, 0.25) is 0 Å². The van der Waals surface area contributed by atoms with Gasteiger partial charge in [-0.05, 0) is 48.0 Å². The third-order valence-corrected chi connectivity index (χ3v) is 3.09. The van der Waals surface area contributed by atoms with Crippen LogP contribution >= 0.6 is 23.2 Å². The molecule has 2 aromatic rings. The van der Waals surface area contributed by atoms with Crippen LogP contribution in [-0.4, -0.2) is 18.5 Å². The maximum atomic E-state index is 11.6. The second kappa shape index (κ2) is 7.15. The number of benzene rings is 2. The van der Waals surface area contributed by atoms with E-state index in [1.807, 2.05) is 0 Å². The fourth-order valence-corrected chi connectivity index (χ4v) is 2.01. The summed E-state index contributed by atoms with van der Waals surface area (Å²) in [5, 5.41) is 11.3. The molecule has 0 saturated carbocycles. The first kappa shape index (κ1) is 16.1. The maximum absolute atomic E-state index is 11.6. The summed E-state index contributed by atoms with van der Waals surface area (Å²) in [5.41, 5.74) is -0.0102. The zero-order valence-corrected chi connectivity index (χ0v) is 12.6. The molecule has 0 aromatic heterocycles. The van der Waals surface area contributed by atoms with Crippen molar-refractivity contribution < 1.29 is 24.2 Å². The van der Waals surface area contributed by atoms with Crippen LogP contribution in [-0.2, 0) is 4.79 Å². The van der Waals surface area contributed by atoms with Crippen LogP contribution in [0.3, 0.4) is 0 Å². The topological polar surface area (TPSA) is 75.7 Å². The van der Waals surface area contributed by atoms with Crippen LogP contribution in [0.5, 0.6) is 11.5 Å². The van der Waals surface area contributed by atoms with Gasteiger partial charge in [-0.1, -0.05) is 23.2 Å². The first-order valence-corrected chi connectivity index (χ1v) is 6.81. The monoisotopic (exact) mass is 339 g/mol. The molecule has 0 aliphatic heterocycles. The molecule has 0 radical (unpaired) electrons. The van der Waals surface area contributed by atoms with Crippen LogP contribution in [0.1, 0.15) is 10.4 Å². The van der Waals surface area contributed by atoms with Crippen molar-refractivity contribution >= 4 is 35.1 Å². The van der Waals surface area contributed by atoms with Crippen LogP contribution in [0.15, 0.2) is 42.5 Å². The number of rotatable bonds is 5. The van der Waals surface area contributed by atoms with Gasteiger partial charge in [-0.25, -0.2) is 4.79 Å². The smallest absolute Gasteiger partial charge is 0.349 e. The Labute approximate surface area is 136 Å². The lowest BCUT2D eigenvalue weighted by atomic mass is 10.2. The highest BCUT2D eigenvalue weighted by molar-refractivity contribution is 6.35. The average Bonchev–Trinajstić information content (AvgIpc) is 2.47. The Morgan fingerprint density at radius 1 is 1.05 bits per heavy atom. The summed E-state index contributed by atoms with van der Waals surface area (Å²) < 4.78 is 10.2. The normalized spacial score (nSPS) is 10.1. The molecule has 0 saturated heterocycles. The van der Waals surface area contributed by atoms with E-state index in [0.29, 0.717) is 10.8 Å². The van der Waals surface area contributed by atoms with Gasteiger partial charge in [0.25, 0.3) is 0 Å². The third kappa shape index (κ3) is 4.38. The summed E-state index contributed by atoms with van der Waals surface area (Å²) in [6.45, 7) is -0.358. The van der Waals surface area contributed by atoms with Gasteiger partial charge in [0, 0.05) is 5.02 Å². The molecule has 22 heavy (non-hydrogen) atoms. The van der Waals surface area contributed by atoms with Crippen LogP contribution in [0.25, 0.3) is 0 Å². The molecule has 0 spiro atoms. The summed E-state index contributed by atoms with van der Waals surface area (Å²) in [4.78, 5) is 22.2. The van der Waals surface area contributed by atoms with E-state index in [4.69, 9.17) is 32.7 Å². The molecular formula is C15H9Cl2O5-. The van der Waals surface area contributed by atoms with Crippen molar-refractivity contribution in [2.24, 2.45) is 0 Å². The minimum Gasteiger partial charge on any atom is -0.545 e. The van der Waals surface area contributed by atoms with Gasteiger partial charge in [0.05, 0.1) is 11.0 Å². The molecule has 0 aliphatic rings. The van der Waals surface area contributed by atoms with Crippen molar-refractivity contribution in [3.05, 3.63) is 58.1 Å². The zero-order chi connectivity index (χ0) is 16.1. The molecule has 0 unspecified atom stereocenters. The van der Waals surface area contributed by atoms with Crippen molar-refractivity contribution in [1.29, 1.82) is 0 Å². The van der Waals surface area contributed by atoms with Crippen molar-refractivity contribution in [3.63, 3.8) is 0 Å². The Hall–Kier alpha value is -2.24. The number of hydrogen-bond donors (Lipinski definition) is 0. The number of carboxylic acid groups (broad SMARTS) is 1. The van der Waals surface area contributed by atoms with E-state index in [0.717, 1.165) is 0 Å². The van der Waals surface area contributed by atoms with E-state index in [1.165, 1.54) is 36.4 Å². The Bertz CT molecular complexity index is 698. The minimum absolute atomic E-state index is 0.0102. The fraction of sp³-hybridized carbons (Fsp3) is 0.0667. The van der Waals surface area contributed by atoms with Gasteiger partial charge in [-0.3, -0.25) is 0 Å². The molecular weight excluding hydrogens is 331 g/mol. The molecule has 0 atom stereocenters. The van der Waals surface area contributed by atoms with Gasteiger partial charge in [0.1, 0.15) is 11.5 Å². The summed E-state index contributed by atoms with van der Waals surface area (Å²) in [6, 6.07) is 9.84. The molecule has 114 valence electrons. The second-order valence-corrected chi connectivity index (χ2v) is 4.99. The van der Waals surface area contributed by atoms with E-state index in [-0.39, 0.29) is 22.9 Å². The second-order valence-electron chi connectivity index (χ2n) is 4.15. The Kier molecular flexibility index (Phi) is 5.25. The SMILES string of the molecule is O=C(COc1ccc(Cl)cc1Cl)Oc1ccc(C(=O)[O-])cc1. The lowest BCUT2D eigenvalue weighted by Gasteiger charge is -2.09. The first-order valence-electron chi connectivity index (χ1n) is 6.05. The zero-order valence-electron chi connectivity index (χ0n) is 11.0. The standard InChI is InChI=1S/C15H10Cl2O5/c16-10-3-6-13(12(17)7-10)21-8-14(18)22-11-4-1-9(2-5-11)15(19)20/h1-7H,8H2,(H,19,20)/p-1. The van der Waals surface area contributed by atoms with E-state index in [2.05, 4.69) is 0 Å². The van der Waals surface area contributed by atoms with Gasteiger partial charge in [-0.2, -0.15) is 0 Å². The number of aromatic carboxylic acids is 1. The van der Waals surface area contributed by atoms with Crippen molar-refractivity contribution in [3.8, 4) is 11.5 Å². The average molecular weight is 340 g/mol. The van der Waals surface area contributed by atoms with E-state index < -0.39 is 11.9 Å². The van der Waals surface area contributed by atoms with Crippen LogP contribution < -0.4 is 14.6 Å². The molecule has 2 aromatic carbocycles. The Balaban J connectivity index is 1.91. The molecule has 0 heterocycles. The van der Waals surface area contributed by atoms with E-state index in [9.17, 15) is 14.7 Å². The summed E-state index contributed by atoms with van der Waals surface area (Å²) in [6.07, 6.45) is 0. The van der Waals surface area contributed by atoms with Crippen molar-refractivity contribution in [2.75, 3.05) is 6.61 Å². The maximum Gasteiger partial charge on any atom is 0.349 e. The minimum atomic E-state index is -1.31. The van der Waals surface area contributed by atoms with Gasteiger partial charge >= 0.3 is 5.97 Å². The quantitative estimate of drug-likeness (QED) is 0.617. The highest BCUT2D eigenvalue weighted by atomic mass is 35.5. The third-order valence-electron chi connectivity index (χ3n) is 2.56. The number of ether oxygens (including phenoxy) is 2. The van der Waals surface area contributed by atoms with E-state index >= 15 is 0 Å². The summed E-state index contributed by atoms with van der Waals surface area (Å²) in [5.74, 6) is -1.47. The molecule has 0 fully saturated rings. The molecule has 7 heteroatoms. The molecule has 0 N–H and O–H groups in total. The largest absolute Gasteiger partial charge is 0.545 e. The number of halogens is 2. The van der Waals surface area contributed by atoms with E-state index in [1.54, 1.807) is 6.07 Å². The fourth-order valence-electron chi connectivity index (χ4n) is 1.55. The van der Waals surface area contributed by atoms with Gasteiger partial charge in [0.15, 0.2) is 6.61 Å². The molecule has 5 nitrogen and oxygen atoms in total. The lowest BCUT2D eigenvalue weighted by molar-refractivity contribution is -0.255. The summed E-state index contributed by atoms with van der Waals surface area (Å²) >= 11 is 11.6. The number of hydrogen-bond acceptors (Lipinski definition) is 5. The predicted molar refractivity (Wildman–Crippen MR) is 78.4 cm³/mol. The molecule has 0 bridgehead atoms. The molecule has 2 rings (SSSR count). The highest BCUT2D eigenvalue weighted by Gasteiger charge is 2.09. The predicted octanol–water partition coefficient (Wildman–Crippen LogP) is 2.34. The van der Waals surface area contributed by atoms with Crippen LogP contribution in [0, 0.1) is 0 Å². The Morgan fingerprint density at radius 3 is 2.32 bits per heavy atom. The number of esters is 1. The van der Waals surface area contributed by atoms with Gasteiger partial charge < -0.3 is 19.4 Å². The number of carbonyl (C=O) groups excluding carboxylic acids is 2. The molecule has 0 amide bonds. The highest BCUT2D eigenvalue weighted by Crippen LogP contribution is 2.27. The van der Waals surface area contributed by atoms with Crippen molar-refractivity contribution in [2.45, 2.75) is 0 Å². The van der Waals surface area contributed by atoms with Gasteiger partial charge in [-0.15, -0.1) is 0 Å². The summed E-state index contributed by atoms with van der Waals surface area (Å²) in [7, 11) is 0.